The Labute approximate surface area is 154 Å². The molecule has 0 fully saturated rings. The fraction of sp³-hybridized carbons (Fsp3) is 0.125. The third-order valence-electron chi connectivity index (χ3n) is 2.96. The van der Waals surface area contributed by atoms with Crippen molar-refractivity contribution < 1.29 is 14.6 Å². The molecule has 0 spiro atoms. The number of thiocarbonyl (C=S) groups is 1. The largest absolute Gasteiger partial charge is 0.506 e. The molecule has 2 aromatic carbocycles. The molecule has 0 aromatic heterocycles. The van der Waals surface area contributed by atoms with Crippen LogP contribution in [0, 0.1) is 0 Å². The number of phenols is 1. The van der Waals surface area contributed by atoms with Gasteiger partial charge in [0.15, 0.2) is 11.2 Å². The Morgan fingerprint density at radius 2 is 1.96 bits per heavy atom. The third-order valence-corrected chi connectivity index (χ3v) is 3.69. The quantitative estimate of drug-likeness (QED) is 0.549. The lowest BCUT2D eigenvalue weighted by Crippen LogP contribution is -2.42. The van der Waals surface area contributed by atoms with Crippen LogP contribution in [0.2, 0.25) is 10.0 Å². The average molecular weight is 385 g/mol. The second-order valence-electron chi connectivity index (χ2n) is 4.80. The van der Waals surface area contributed by atoms with E-state index < -0.39 is 12.0 Å². The Hall–Kier alpha value is -2.02. The SMILES string of the molecule is CC(Oc1ccc(Cl)cc1Cl)C(=O)NC(=S)Nc1ccccc1O. The maximum Gasteiger partial charge on any atom is 0.266 e. The molecule has 126 valence electrons. The van der Waals surface area contributed by atoms with Crippen molar-refractivity contribution in [3.63, 3.8) is 0 Å². The molecule has 1 unspecified atom stereocenters. The highest BCUT2D eigenvalue weighted by molar-refractivity contribution is 7.80. The number of carbonyl (C=O) groups excluding carboxylic acids is 1. The molecule has 8 heteroatoms. The van der Waals surface area contributed by atoms with Gasteiger partial charge in [-0.05, 0) is 49.5 Å². The Balaban J connectivity index is 1.93. The van der Waals surface area contributed by atoms with Gasteiger partial charge in [-0.25, -0.2) is 0 Å². The number of benzene rings is 2. The summed E-state index contributed by atoms with van der Waals surface area (Å²) >= 11 is 16.9. The first-order valence-electron chi connectivity index (χ1n) is 6.88. The molecule has 0 bridgehead atoms. The molecule has 2 rings (SSSR count). The van der Waals surface area contributed by atoms with E-state index in [1.54, 1.807) is 37.3 Å². The van der Waals surface area contributed by atoms with Gasteiger partial charge in [-0.3, -0.25) is 10.1 Å². The van der Waals surface area contributed by atoms with Gasteiger partial charge in [-0.2, -0.15) is 0 Å². The summed E-state index contributed by atoms with van der Waals surface area (Å²) in [5.41, 5.74) is 0.386. The van der Waals surface area contributed by atoms with Crippen LogP contribution >= 0.6 is 35.4 Å². The molecule has 0 saturated carbocycles. The second-order valence-corrected chi connectivity index (χ2v) is 6.05. The van der Waals surface area contributed by atoms with Gasteiger partial charge >= 0.3 is 0 Å². The number of hydrogen-bond acceptors (Lipinski definition) is 4. The molecule has 24 heavy (non-hydrogen) atoms. The fourth-order valence-corrected chi connectivity index (χ4v) is 2.42. The smallest absolute Gasteiger partial charge is 0.266 e. The van der Waals surface area contributed by atoms with Crippen molar-refractivity contribution in [2.24, 2.45) is 0 Å². The molecule has 1 atom stereocenters. The predicted molar refractivity (Wildman–Crippen MR) is 99.0 cm³/mol. The number of hydrogen-bond donors (Lipinski definition) is 3. The summed E-state index contributed by atoms with van der Waals surface area (Å²) in [6, 6.07) is 11.2. The van der Waals surface area contributed by atoms with Gasteiger partial charge in [0.1, 0.15) is 11.5 Å². The number of aromatic hydroxyl groups is 1. The van der Waals surface area contributed by atoms with Crippen LogP contribution in [-0.2, 0) is 4.79 Å². The zero-order valence-electron chi connectivity index (χ0n) is 12.5. The normalized spacial score (nSPS) is 11.5. The molecule has 3 N–H and O–H groups in total. The van der Waals surface area contributed by atoms with Gasteiger partial charge in [-0.1, -0.05) is 35.3 Å². The van der Waals surface area contributed by atoms with E-state index in [0.717, 1.165) is 0 Å². The monoisotopic (exact) mass is 384 g/mol. The number of rotatable bonds is 4. The van der Waals surface area contributed by atoms with Crippen LogP contribution in [0.1, 0.15) is 6.92 Å². The molecule has 5 nitrogen and oxygen atoms in total. The van der Waals surface area contributed by atoms with Gasteiger partial charge in [0.25, 0.3) is 5.91 Å². The van der Waals surface area contributed by atoms with E-state index >= 15 is 0 Å². The van der Waals surface area contributed by atoms with Gasteiger partial charge < -0.3 is 15.2 Å². The molecule has 0 aliphatic heterocycles. The summed E-state index contributed by atoms with van der Waals surface area (Å²) in [6.45, 7) is 1.56. The van der Waals surface area contributed by atoms with E-state index in [0.29, 0.717) is 21.5 Å². The van der Waals surface area contributed by atoms with E-state index in [2.05, 4.69) is 10.6 Å². The van der Waals surface area contributed by atoms with Crippen LogP contribution in [-0.4, -0.2) is 22.2 Å². The van der Waals surface area contributed by atoms with Crippen LogP contribution in [0.3, 0.4) is 0 Å². The van der Waals surface area contributed by atoms with Crippen molar-refractivity contribution in [3.05, 3.63) is 52.5 Å². The van der Waals surface area contributed by atoms with Crippen molar-refractivity contribution in [1.82, 2.24) is 5.32 Å². The number of halogens is 2. The van der Waals surface area contributed by atoms with Crippen molar-refractivity contribution in [1.29, 1.82) is 0 Å². The van der Waals surface area contributed by atoms with E-state index in [-0.39, 0.29) is 10.9 Å². The summed E-state index contributed by atoms with van der Waals surface area (Å²) in [6.07, 6.45) is -0.840. The second kappa shape index (κ2) is 8.19. The number of ether oxygens (including phenoxy) is 1. The van der Waals surface area contributed by atoms with Crippen molar-refractivity contribution in [2.75, 3.05) is 5.32 Å². The lowest BCUT2D eigenvalue weighted by atomic mass is 10.3. The summed E-state index contributed by atoms with van der Waals surface area (Å²) in [5, 5.41) is 15.7. The molecule has 2 aromatic rings. The summed E-state index contributed by atoms with van der Waals surface area (Å²) in [7, 11) is 0. The summed E-state index contributed by atoms with van der Waals surface area (Å²) in [4.78, 5) is 12.1. The zero-order valence-corrected chi connectivity index (χ0v) is 14.9. The number of para-hydroxylation sites is 2. The van der Waals surface area contributed by atoms with E-state index in [4.69, 9.17) is 40.2 Å². The van der Waals surface area contributed by atoms with Crippen LogP contribution in [0.4, 0.5) is 5.69 Å². The lowest BCUT2D eigenvalue weighted by molar-refractivity contribution is -0.125. The van der Waals surface area contributed by atoms with Gasteiger partial charge in [0, 0.05) is 5.02 Å². The highest BCUT2D eigenvalue weighted by atomic mass is 35.5. The van der Waals surface area contributed by atoms with E-state index in [9.17, 15) is 9.90 Å². The standard InChI is InChI=1S/C16H14Cl2N2O3S/c1-9(23-14-7-6-10(17)8-11(14)18)15(22)20-16(24)19-12-4-2-3-5-13(12)21/h2-9,21H,1H3,(H2,19,20,22,24). The third kappa shape index (κ3) is 4.99. The first kappa shape index (κ1) is 18.3. The average Bonchev–Trinajstić information content (AvgIpc) is 2.52. The summed E-state index contributed by atoms with van der Waals surface area (Å²) in [5.74, 6) is -0.108. The maximum absolute atomic E-state index is 12.1. The van der Waals surface area contributed by atoms with Crippen LogP contribution < -0.4 is 15.4 Å². The van der Waals surface area contributed by atoms with Gasteiger partial charge in [0.2, 0.25) is 0 Å². The first-order chi connectivity index (χ1) is 11.4. The molecule has 1 amide bonds. The number of phenolic OH excluding ortho intramolecular Hbond substituents is 1. The highest BCUT2D eigenvalue weighted by Gasteiger charge is 2.17. The molecule has 0 radical (unpaired) electrons. The van der Waals surface area contributed by atoms with E-state index in [1.165, 1.54) is 12.1 Å². The molecule has 0 aliphatic carbocycles. The minimum atomic E-state index is -0.840. The fourth-order valence-electron chi connectivity index (χ4n) is 1.76. The van der Waals surface area contributed by atoms with Crippen molar-refractivity contribution in [3.8, 4) is 11.5 Å². The van der Waals surface area contributed by atoms with Gasteiger partial charge in [-0.15, -0.1) is 0 Å². The maximum atomic E-state index is 12.1. The molecular weight excluding hydrogens is 371 g/mol. The number of carbonyl (C=O) groups is 1. The molecule has 0 heterocycles. The lowest BCUT2D eigenvalue weighted by Gasteiger charge is -2.17. The Bertz CT molecular complexity index is 771. The predicted octanol–water partition coefficient (Wildman–Crippen LogP) is 3.98. The minimum Gasteiger partial charge on any atom is -0.506 e. The zero-order chi connectivity index (χ0) is 17.7. The molecule has 0 saturated heterocycles. The van der Waals surface area contributed by atoms with E-state index in [1.807, 2.05) is 0 Å². The molecule has 0 aliphatic rings. The minimum absolute atomic E-state index is 0.0198. The Kier molecular flexibility index (Phi) is 6.25. The first-order valence-corrected chi connectivity index (χ1v) is 8.05. The van der Waals surface area contributed by atoms with Crippen molar-refractivity contribution in [2.45, 2.75) is 13.0 Å². The number of amides is 1. The highest BCUT2D eigenvalue weighted by Crippen LogP contribution is 2.28. The number of anilines is 1. The number of nitrogens with one attached hydrogen (secondary N) is 2. The topological polar surface area (TPSA) is 70.6 Å². The van der Waals surface area contributed by atoms with Crippen LogP contribution in [0.15, 0.2) is 42.5 Å². The molecular formula is C16H14Cl2N2O3S. The van der Waals surface area contributed by atoms with Crippen molar-refractivity contribution >= 4 is 52.1 Å². The van der Waals surface area contributed by atoms with Gasteiger partial charge in [0.05, 0.1) is 10.7 Å². The summed E-state index contributed by atoms with van der Waals surface area (Å²) < 4.78 is 5.50. The Morgan fingerprint density at radius 1 is 1.25 bits per heavy atom. The van der Waals surface area contributed by atoms with Crippen LogP contribution in [0.25, 0.3) is 0 Å². The Morgan fingerprint density at radius 3 is 2.62 bits per heavy atom. The van der Waals surface area contributed by atoms with Crippen LogP contribution in [0.5, 0.6) is 11.5 Å².